The molecule has 106 valence electrons. The highest BCUT2D eigenvalue weighted by molar-refractivity contribution is 5.78. The molecule has 4 heteroatoms. The fourth-order valence-electron chi connectivity index (χ4n) is 1.76. The van der Waals surface area contributed by atoms with Gasteiger partial charge in [0.05, 0.1) is 6.54 Å². The predicted octanol–water partition coefficient (Wildman–Crippen LogP) is 2.42. The van der Waals surface area contributed by atoms with Gasteiger partial charge in [-0.3, -0.25) is 0 Å². The SMILES string of the molecule is CCN(CC)C(N)=NCC(C)Oc1ccc(C)cc1. The molecule has 0 saturated heterocycles. The minimum atomic E-state index is 0.0109. The number of rotatable bonds is 6. The molecule has 1 atom stereocenters. The molecule has 0 fully saturated rings. The molecule has 1 rings (SSSR count). The van der Waals surface area contributed by atoms with E-state index in [-0.39, 0.29) is 6.10 Å². The van der Waals surface area contributed by atoms with Gasteiger partial charge in [-0.2, -0.15) is 0 Å². The predicted molar refractivity (Wildman–Crippen MR) is 80.7 cm³/mol. The maximum atomic E-state index is 5.92. The first-order chi connectivity index (χ1) is 9.06. The molecule has 1 aromatic rings. The van der Waals surface area contributed by atoms with Crippen LogP contribution in [0.5, 0.6) is 5.75 Å². The van der Waals surface area contributed by atoms with Crippen LogP contribution in [-0.4, -0.2) is 36.6 Å². The minimum Gasteiger partial charge on any atom is -0.489 e. The fourth-order valence-corrected chi connectivity index (χ4v) is 1.76. The Morgan fingerprint density at radius 2 is 1.84 bits per heavy atom. The lowest BCUT2D eigenvalue weighted by Crippen LogP contribution is -2.37. The zero-order chi connectivity index (χ0) is 14.3. The lowest BCUT2D eigenvalue weighted by molar-refractivity contribution is 0.229. The number of hydrogen-bond acceptors (Lipinski definition) is 2. The average Bonchev–Trinajstić information content (AvgIpc) is 2.40. The number of nitrogens with two attached hydrogens (primary N) is 1. The van der Waals surface area contributed by atoms with Crippen molar-refractivity contribution in [2.24, 2.45) is 10.7 Å². The van der Waals surface area contributed by atoms with Crippen LogP contribution >= 0.6 is 0 Å². The van der Waals surface area contributed by atoms with Crippen molar-refractivity contribution in [3.05, 3.63) is 29.8 Å². The molecular weight excluding hydrogens is 238 g/mol. The number of aryl methyl sites for hydroxylation is 1. The summed E-state index contributed by atoms with van der Waals surface area (Å²) in [6.07, 6.45) is 0.0109. The van der Waals surface area contributed by atoms with E-state index in [0.29, 0.717) is 12.5 Å². The van der Waals surface area contributed by atoms with Gasteiger partial charge in [-0.05, 0) is 39.8 Å². The van der Waals surface area contributed by atoms with Gasteiger partial charge in [0.1, 0.15) is 11.9 Å². The minimum absolute atomic E-state index is 0.0109. The number of hydrogen-bond donors (Lipinski definition) is 1. The highest BCUT2D eigenvalue weighted by atomic mass is 16.5. The molecule has 2 N–H and O–H groups in total. The van der Waals surface area contributed by atoms with E-state index in [9.17, 15) is 0 Å². The topological polar surface area (TPSA) is 50.8 Å². The molecule has 0 radical (unpaired) electrons. The average molecular weight is 263 g/mol. The first-order valence-electron chi connectivity index (χ1n) is 6.85. The van der Waals surface area contributed by atoms with Crippen LogP contribution in [0.25, 0.3) is 0 Å². The Balaban J connectivity index is 2.49. The Labute approximate surface area is 116 Å². The number of guanidine groups is 1. The summed E-state index contributed by atoms with van der Waals surface area (Å²) in [5.41, 5.74) is 7.15. The molecule has 0 bridgehead atoms. The van der Waals surface area contributed by atoms with Gasteiger partial charge in [0, 0.05) is 13.1 Å². The van der Waals surface area contributed by atoms with E-state index in [1.807, 2.05) is 36.1 Å². The molecule has 0 aliphatic rings. The molecule has 1 aromatic carbocycles. The summed E-state index contributed by atoms with van der Waals surface area (Å²) in [5.74, 6) is 1.46. The Kier molecular flexibility index (Phi) is 6.19. The number of benzene rings is 1. The van der Waals surface area contributed by atoms with Crippen molar-refractivity contribution < 1.29 is 4.74 Å². The van der Waals surface area contributed by atoms with Crippen molar-refractivity contribution in [1.82, 2.24) is 4.90 Å². The summed E-state index contributed by atoms with van der Waals surface area (Å²) >= 11 is 0. The van der Waals surface area contributed by atoms with Crippen LogP contribution in [0.3, 0.4) is 0 Å². The Bertz CT molecular complexity index is 396. The standard InChI is InChI=1S/C15H25N3O/c1-5-18(6-2)15(16)17-11-13(4)19-14-9-7-12(3)8-10-14/h7-10,13H,5-6,11H2,1-4H3,(H2,16,17). The van der Waals surface area contributed by atoms with E-state index in [0.717, 1.165) is 18.8 Å². The van der Waals surface area contributed by atoms with E-state index >= 15 is 0 Å². The van der Waals surface area contributed by atoms with Crippen molar-refractivity contribution in [2.45, 2.75) is 33.8 Å². The van der Waals surface area contributed by atoms with Crippen molar-refractivity contribution in [1.29, 1.82) is 0 Å². The molecule has 0 amide bonds. The highest BCUT2D eigenvalue weighted by Crippen LogP contribution is 2.13. The Morgan fingerprint density at radius 3 is 2.37 bits per heavy atom. The number of ether oxygens (including phenoxy) is 1. The normalized spacial score (nSPS) is 13.2. The van der Waals surface area contributed by atoms with Crippen LogP contribution in [-0.2, 0) is 0 Å². The molecule has 0 aliphatic heterocycles. The van der Waals surface area contributed by atoms with Crippen LogP contribution in [0.4, 0.5) is 0 Å². The van der Waals surface area contributed by atoms with Gasteiger partial charge < -0.3 is 15.4 Å². The first kappa shape index (κ1) is 15.3. The second kappa shape index (κ2) is 7.67. The highest BCUT2D eigenvalue weighted by Gasteiger charge is 2.06. The quantitative estimate of drug-likeness (QED) is 0.633. The maximum Gasteiger partial charge on any atom is 0.191 e. The second-order valence-electron chi connectivity index (χ2n) is 4.61. The molecule has 0 spiro atoms. The van der Waals surface area contributed by atoms with Crippen molar-refractivity contribution in [3.8, 4) is 5.75 Å². The van der Waals surface area contributed by atoms with Crippen LogP contribution in [0.2, 0.25) is 0 Å². The van der Waals surface area contributed by atoms with Crippen LogP contribution in [0.15, 0.2) is 29.3 Å². The third-order valence-electron chi connectivity index (χ3n) is 2.96. The molecule has 4 nitrogen and oxygen atoms in total. The summed E-state index contributed by atoms with van der Waals surface area (Å²) in [6, 6.07) is 8.03. The lowest BCUT2D eigenvalue weighted by Gasteiger charge is -2.20. The van der Waals surface area contributed by atoms with Gasteiger partial charge >= 0.3 is 0 Å². The third-order valence-corrected chi connectivity index (χ3v) is 2.96. The van der Waals surface area contributed by atoms with E-state index in [1.165, 1.54) is 5.56 Å². The van der Waals surface area contributed by atoms with Gasteiger partial charge in [-0.1, -0.05) is 17.7 Å². The van der Waals surface area contributed by atoms with Crippen molar-refractivity contribution in [2.75, 3.05) is 19.6 Å². The smallest absolute Gasteiger partial charge is 0.191 e. The van der Waals surface area contributed by atoms with E-state index in [1.54, 1.807) is 0 Å². The summed E-state index contributed by atoms with van der Waals surface area (Å²) < 4.78 is 5.79. The van der Waals surface area contributed by atoms with Gasteiger partial charge in [0.25, 0.3) is 0 Å². The maximum absolute atomic E-state index is 5.92. The zero-order valence-corrected chi connectivity index (χ0v) is 12.4. The van der Waals surface area contributed by atoms with E-state index < -0.39 is 0 Å². The molecule has 1 unspecified atom stereocenters. The van der Waals surface area contributed by atoms with E-state index in [4.69, 9.17) is 10.5 Å². The molecule has 0 saturated carbocycles. The lowest BCUT2D eigenvalue weighted by atomic mass is 10.2. The summed E-state index contributed by atoms with van der Waals surface area (Å²) in [7, 11) is 0. The van der Waals surface area contributed by atoms with Crippen LogP contribution in [0, 0.1) is 6.92 Å². The van der Waals surface area contributed by atoms with Crippen LogP contribution < -0.4 is 10.5 Å². The summed E-state index contributed by atoms with van der Waals surface area (Å²) in [5, 5.41) is 0. The van der Waals surface area contributed by atoms with Gasteiger partial charge in [-0.25, -0.2) is 4.99 Å². The molecule has 0 aromatic heterocycles. The fraction of sp³-hybridized carbons (Fsp3) is 0.533. The van der Waals surface area contributed by atoms with Gasteiger partial charge in [0.2, 0.25) is 0 Å². The van der Waals surface area contributed by atoms with E-state index in [2.05, 4.69) is 25.8 Å². The van der Waals surface area contributed by atoms with Gasteiger partial charge in [-0.15, -0.1) is 0 Å². The number of aliphatic imine (C=N–C) groups is 1. The molecule has 0 heterocycles. The molecule has 19 heavy (non-hydrogen) atoms. The number of nitrogens with zero attached hydrogens (tertiary/aromatic N) is 2. The van der Waals surface area contributed by atoms with Crippen LogP contribution in [0.1, 0.15) is 26.3 Å². The van der Waals surface area contributed by atoms with Gasteiger partial charge in [0.15, 0.2) is 5.96 Å². The van der Waals surface area contributed by atoms with Crippen molar-refractivity contribution >= 4 is 5.96 Å². The summed E-state index contributed by atoms with van der Waals surface area (Å²) in [4.78, 5) is 6.40. The third kappa shape index (κ3) is 5.20. The molecular formula is C15H25N3O. The summed E-state index contributed by atoms with van der Waals surface area (Å²) in [6.45, 7) is 10.5. The molecule has 0 aliphatic carbocycles. The first-order valence-corrected chi connectivity index (χ1v) is 6.85. The zero-order valence-electron chi connectivity index (χ0n) is 12.4. The monoisotopic (exact) mass is 263 g/mol. The second-order valence-corrected chi connectivity index (χ2v) is 4.61. The Hall–Kier alpha value is -1.71. The largest absolute Gasteiger partial charge is 0.489 e. The Morgan fingerprint density at radius 1 is 1.26 bits per heavy atom. The van der Waals surface area contributed by atoms with Crippen molar-refractivity contribution in [3.63, 3.8) is 0 Å².